The molecule has 1 aromatic carbocycles. The maximum atomic E-state index is 13.7. The number of pyridine rings is 1. The van der Waals surface area contributed by atoms with Crippen LogP contribution >= 0.6 is 22.9 Å². The summed E-state index contributed by atoms with van der Waals surface area (Å²) >= 11 is 7.74. The van der Waals surface area contributed by atoms with Gasteiger partial charge in [0.15, 0.2) is 0 Å². The van der Waals surface area contributed by atoms with Crippen molar-refractivity contribution in [2.75, 3.05) is 31.1 Å². The first-order valence-corrected chi connectivity index (χ1v) is 12.7. The predicted octanol–water partition coefficient (Wildman–Crippen LogP) is 4.46. The van der Waals surface area contributed by atoms with Crippen molar-refractivity contribution in [3.05, 3.63) is 71.4 Å². The van der Waals surface area contributed by atoms with E-state index < -0.39 is 0 Å². The molecule has 0 unspecified atom stereocenters. The molecule has 9 nitrogen and oxygen atoms in total. The molecule has 1 aliphatic heterocycles. The summed E-state index contributed by atoms with van der Waals surface area (Å²) in [4.78, 5) is 36.2. The Balaban J connectivity index is 1.35. The van der Waals surface area contributed by atoms with Crippen LogP contribution in [0.4, 0.5) is 5.95 Å². The van der Waals surface area contributed by atoms with Gasteiger partial charge in [0.1, 0.15) is 16.4 Å². The van der Waals surface area contributed by atoms with E-state index in [9.17, 15) is 4.79 Å². The maximum Gasteiger partial charge on any atom is 0.274 e. The highest BCUT2D eigenvalue weighted by molar-refractivity contribution is 7.18. The van der Waals surface area contributed by atoms with Crippen molar-refractivity contribution >= 4 is 45.7 Å². The number of H-pyrrole nitrogens is 1. The Bertz CT molecular complexity index is 1540. The summed E-state index contributed by atoms with van der Waals surface area (Å²) < 4.78 is 0. The normalized spacial score (nSPS) is 13.9. The van der Waals surface area contributed by atoms with Crippen LogP contribution in [0.1, 0.15) is 16.1 Å². The van der Waals surface area contributed by atoms with E-state index in [-0.39, 0.29) is 5.91 Å². The molecule has 180 valence electrons. The number of thiazole rings is 1. The minimum atomic E-state index is -0.107. The number of benzene rings is 1. The zero-order valence-electron chi connectivity index (χ0n) is 19.3. The molecule has 0 aliphatic carbocycles. The molecule has 1 amide bonds. The Morgan fingerprint density at radius 3 is 2.61 bits per heavy atom. The second-order valence-electron chi connectivity index (χ2n) is 8.43. The van der Waals surface area contributed by atoms with Gasteiger partial charge in [-0.05, 0) is 36.8 Å². The molecule has 1 saturated heterocycles. The number of nitrogens with zero attached hydrogens (tertiary/aromatic N) is 7. The van der Waals surface area contributed by atoms with Crippen LogP contribution in [0.2, 0.25) is 5.02 Å². The second kappa shape index (κ2) is 9.29. The number of nitrogens with one attached hydrogen (secondary N) is 1. The molecule has 0 radical (unpaired) electrons. The molecule has 0 bridgehead atoms. The largest absolute Gasteiger partial charge is 0.337 e. The van der Waals surface area contributed by atoms with Gasteiger partial charge in [-0.15, -0.1) is 11.3 Å². The van der Waals surface area contributed by atoms with Gasteiger partial charge in [0.25, 0.3) is 5.91 Å². The Morgan fingerprint density at radius 1 is 1.06 bits per heavy atom. The standard InChI is InChI=1S/C25H21ClN8OS/c1-15-18(26)6-5-17-19(15)31-32-20(17)23-30-21(22(36-23)16-4-2-7-27-14-16)24(35)33-10-12-34(13-11-33)25-28-8-3-9-29-25/h2-9,14H,10-13H2,1H3,(H,31,32). The summed E-state index contributed by atoms with van der Waals surface area (Å²) in [5, 5.41) is 9.87. The van der Waals surface area contributed by atoms with E-state index in [0.717, 1.165) is 26.9 Å². The van der Waals surface area contributed by atoms with Crippen molar-refractivity contribution in [1.29, 1.82) is 0 Å². The summed E-state index contributed by atoms with van der Waals surface area (Å²) in [5.74, 6) is 0.571. The van der Waals surface area contributed by atoms with Gasteiger partial charge >= 0.3 is 0 Å². The number of amides is 1. The number of halogens is 1. The molecular weight excluding hydrogens is 496 g/mol. The number of carbonyl (C=O) groups is 1. The highest BCUT2D eigenvalue weighted by atomic mass is 35.5. The third kappa shape index (κ3) is 3.98. The number of hydrogen-bond donors (Lipinski definition) is 1. The molecular formula is C25H21ClN8OS. The quantitative estimate of drug-likeness (QED) is 0.376. The van der Waals surface area contributed by atoms with Crippen molar-refractivity contribution in [1.82, 2.24) is 35.0 Å². The van der Waals surface area contributed by atoms with Crippen molar-refractivity contribution in [3.63, 3.8) is 0 Å². The van der Waals surface area contributed by atoms with Crippen LogP contribution < -0.4 is 4.90 Å². The number of fused-ring (bicyclic) bond motifs is 1. The summed E-state index contributed by atoms with van der Waals surface area (Å²) in [5.41, 5.74) is 3.75. The van der Waals surface area contributed by atoms with E-state index in [1.807, 2.05) is 36.1 Å². The third-order valence-corrected chi connectivity index (χ3v) is 7.81. The van der Waals surface area contributed by atoms with Gasteiger partial charge in [0.05, 0.1) is 10.4 Å². The van der Waals surface area contributed by atoms with Gasteiger partial charge in [0.2, 0.25) is 5.95 Å². The number of anilines is 1. The molecule has 1 aliphatic rings. The third-order valence-electron chi connectivity index (χ3n) is 6.29. The SMILES string of the molecule is Cc1c(Cl)ccc2c(-c3nc(C(=O)N4CCN(c5ncccn5)CC4)c(-c4cccnc4)s3)n[nH]c12. The fraction of sp³-hybridized carbons (Fsp3) is 0.200. The Hall–Kier alpha value is -3.89. The van der Waals surface area contributed by atoms with E-state index >= 15 is 0 Å². The van der Waals surface area contributed by atoms with Gasteiger partial charge in [-0.1, -0.05) is 17.7 Å². The van der Waals surface area contributed by atoms with Crippen molar-refractivity contribution < 1.29 is 4.79 Å². The number of aromatic amines is 1. The van der Waals surface area contributed by atoms with Gasteiger partial charge in [-0.3, -0.25) is 14.9 Å². The molecule has 0 spiro atoms. The van der Waals surface area contributed by atoms with Crippen LogP contribution in [0.3, 0.4) is 0 Å². The first-order chi connectivity index (χ1) is 17.6. The lowest BCUT2D eigenvalue weighted by Gasteiger charge is -2.34. The molecule has 0 atom stereocenters. The molecule has 5 heterocycles. The summed E-state index contributed by atoms with van der Waals surface area (Å²) in [6.45, 7) is 4.36. The number of hydrogen-bond acceptors (Lipinski definition) is 8. The minimum Gasteiger partial charge on any atom is -0.337 e. The second-order valence-corrected chi connectivity index (χ2v) is 9.84. The molecule has 5 aromatic rings. The Morgan fingerprint density at radius 2 is 1.86 bits per heavy atom. The lowest BCUT2D eigenvalue weighted by Crippen LogP contribution is -2.49. The van der Waals surface area contributed by atoms with Crippen LogP contribution in [-0.4, -0.2) is 67.1 Å². The number of carbonyl (C=O) groups excluding carboxylic acids is 1. The van der Waals surface area contributed by atoms with Gasteiger partial charge in [-0.25, -0.2) is 15.0 Å². The summed E-state index contributed by atoms with van der Waals surface area (Å²) in [7, 11) is 0. The molecule has 6 rings (SSSR count). The molecule has 36 heavy (non-hydrogen) atoms. The highest BCUT2D eigenvalue weighted by Crippen LogP contribution is 2.38. The zero-order chi connectivity index (χ0) is 24.6. The van der Waals surface area contributed by atoms with Crippen LogP contribution in [0.25, 0.3) is 32.0 Å². The van der Waals surface area contributed by atoms with Crippen LogP contribution in [0, 0.1) is 6.92 Å². The smallest absolute Gasteiger partial charge is 0.274 e. The summed E-state index contributed by atoms with van der Waals surface area (Å²) in [6.07, 6.45) is 6.92. The number of rotatable bonds is 4. The number of aryl methyl sites for hydroxylation is 1. The molecule has 1 N–H and O–H groups in total. The lowest BCUT2D eigenvalue weighted by atomic mass is 10.1. The topological polar surface area (TPSA) is 104 Å². The number of aromatic nitrogens is 6. The van der Waals surface area contributed by atoms with Crippen LogP contribution in [0.15, 0.2) is 55.1 Å². The highest BCUT2D eigenvalue weighted by Gasteiger charge is 2.29. The first kappa shape index (κ1) is 22.6. The zero-order valence-corrected chi connectivity index (χ0v) is 20.9. The van der Waals surface area contributed by atoms with Crippen molar-refractivity contribution in [2.45, 2.75) is 6.92 Å². The molecule has 0 saturated carbocycles. The number of piperazine rings is 1. The van der Waals surface area contributed by atoms with Gasteiger partial charge in [0, 0.05) is 66.9 Å². The molecule has 4 aromatic heterocycles. The molecule has 1 fully saturated rings. The fourth-order valence-corrected chi connectivity index (χ4v) is 5.54. The van der Waals surface area contributed by atoms with E-state index in [0.29, 0.717) is 53.5 Å². The van der Waals surface area contributed by atoms with E-state index in [1.54, 1.807) is 30.9 Å². The van der Waals surface area contributed by atoms with E-state index in [2.05, 4.69) is 30.0 Å². The fourth-order valence-electron chi connectivity index (χ4n) is 4.34. The molecule has 11 heteroatoms. The predicted molar refractivity (Wildman–Crippen MR) is 140 cm³/mol. The van der Waals surface area contributed by atoms with E-state index in [4.69, 9.17) is 16.6 Å². The Kier molecular flexibility index (Phi) is 5.82. The maximum absolute atomic E-state index is 13.7. The van der Waals surface area contributed by atoms with Crippen molar-refractivity contribution in [2.24, 2.45) is 0 Å². The van der Waals surface area contributed by atoms with Crippen molar-refractivity contribution in [3.8, 4) is 21.1 Å². The van der Waals surface area contributed by atoms with Gasteiger partial charge < -0.3 is 9.80 Å². The lowest BCUT2D eigenvalue weighted by molar-refractivity contribution is 0.0742. The van der Waals surface area contributed by atoms with E-state index in [1.165, 1.54) is 11.3 Å². The van der Waals surface area contributed by atoms with Crippen LogP contribution in [-0.2, 0) is 0 Å². The Labute approximate surface area is 215 Å². The summed E-state index contributed by atoms with van der Waals surface area (Å²) in [6, 6.07) is 9.38. The van der Waals surface area contributed by atoms with Crippen LogP contribution in [0.5, 0.6) is 0 Å². The minimum absolute atomic E-state index is 0.107. The average Bonchev–Trinajstić information content (AvgIpc) is 3.57. The average molecular weight is 517 g/mol. The first-order valence-electron chi connectivity index (χ1n) is 11.5. The van der Waals surface area contributed by atoms with Gasteiger partial charge in [-0.2, -0.15) is 5.10 Å². The monoisotopic (exact) mass is 516 g/mol.